The molecule has 0 bridgehead atoms. The molecular formula is C24H23BrN2O4. The van der Waals surface area contributed by atoms with Crippen LogP contribution in [0.1, 0.15) is 12.5 Å². The van der Waals surface area contributed by atoms with Gasteiger partial charge >= 0.3 is 0 Å². The molecular weight excluding hydrogens is 460 g/mol. The first-order valence-electron chi connectivity index (χ1n) is 9.71. The van der Waals surface area contributed by atoms with Gasteiger partial charge in [-0.15, -0.1) is 0 Å². The Morgan fingerprint density at radius 1 is 1.06 bits per heavy atom. The van der Waals surface area contributed by atoms with E-state index in [-0.39, 0.29) is 12.5 Å². The third kappa shape index (κ3) is 6.58. The zero-order valence-corrected chi connectivity index (χ0v) is 18.9. The number of hydrogen-bond acceptors (Lipinski definition) is 5. The summed E-state index contributed by atoms with van der Waals surface area (Å²) in [6, 6.07) is 20.4. The van der Waals surface area contributed by atoms with Gasteiger partial charge in [0, 0.05) is 11.9 Å². The molecule has 31 heavy (non-hydrogen) atoms. The van der Waals surface area contributed by atoms with Crippen LogP contribution in [-0.2, 0) is 4.79 Å². The number of methoxy groups -OCH3 is 1. The largest absolute Gasteiger partial charge is 0.494 e. The first-order valence-corrected chi connectivity index (χ1v) is 10.5. The number of amides is 1. The number of hydrogen-bond donors (Lipinski definition) is 1. The van der Waals surface area contributed by atoms with Crippen LogP contribution >= 0.6 is 15.9 Å². The van der Waals surface area contributed by atoms with E-state index in [1.165, 1.54) is 0 Å². The van der Waals surface area contributed by atoms with Crippen LogP contribution in [0, 0.1) is 0 Å². The molecule has 160 valence electrons. The van der Waals surface area contributed by atoms with E-state index in [9.17, 15) is 4.79 Å². The number of halogens is 1. The number of anilines is 1. The van der Waals surface area contributed by atoms with E-state index >= 15 is 0 Å². The molecule has 0 fully saturated rings. The number of rotatable bonds is 9. The minimum absolute atomic E-state index is 0.149. The maximum atomic E-state index is 12.2. The minimum Gasteiger partial charge on any atom is -0.494 e. The highest BCUT2D eigenvalue weighted by Crippen LogP contribution is 2.36. The van der Waals surface area contributed by atoms with Gasteiger partial charge < -0.3 is 19.5 Å². The number of carbonyl (C=O) groups is 1. The van der Waals surface area contributed by atoms with Gasteiger partial charge in [0.15, 0.2) is 18.1 Å². The Labute approximate surface area is 190 Å². The van der Waals surface area contributed by atoms with E-state index in [4.69, 9.17) is 14.2 Å². The smallest absolute Gasteiger partial charge is 0.262 e. The van der Waals surface area contributed by atoms with Crippen molar-refractivity contribution in [2.45, 2.75) is 6.92 Å². The minimum atomic E-state index is -0.263. The lowest BCUT2D eigenvalue weighted by Gasteiger charge is -2.13. The number of nitrogens with zero attached hydrogens (tertiary/aromatic N) is 1. The van der Waals surface area contributed by atoms with Crippen LogP contribution in [0.2, 0.25) is 0 Å². The van der Waals surface area contributed by atoms with Crippen molar-refractivity contribution in [3.05, 3.63) is 76.8 Å². The lowest BCUT2D eigenvalue weighted by Crippen LogP contribution is -2.20. The van der Waals surface area contributed by atoms with Gasteiger partial charge in [-0.05, 0) is 76.9 Å². The topological polar surface area (TPSA) is 69.2 Å². The van der Waals surface area contributed by atoms with E-state index < -0.39 is 0 Å². The number of carbonyl (C=O) groups excluding carboxylic acids is 1. The van der Waals surface area contributed by atoms with E-state index in [1.807, 2.05) is 67.6 Å². The number of benzene rings is 3. The molecule has 0 aromatic heterocycles. The van der Waals surface area contributed by atoms with Crippen molar-refractivity contribution in [1.82, 2.24) is 0 Å². The van der Waals surface area contributed by atoms with Crippen molar-refractivity contribution >= 4 is 39.4 Å². The Kier molecular flexibility index (Phi) is 8.06. The molecule has 3 rings (SSSR count). The Bertz CT molecular complexity index is 1040. The third-order valence-corrected chi connectivity index (χ3v) is 4.76. The van der Waals surface area contributed by atoms with Crippen molar-refractivity contribution in [3.8, 4) is 17.2 Å². The average Bonchev–Trinajstić information content (AvgIpc) is 2.78. The fraction of sp³-hybridized carbons (Fsp3) is 0.167. The molecule has 6 nitrogen and oxygen atoms in total. The quantitative estimate of drug-likeness (QED) is 0.401. The summed E-state index contributed by atoms with van der Waals surface area (Å²) in [6.45, 7) is 2.42. The normalized spacial score (nSPS) is 10.7. The second-order valence-corrected chi connectivity index (χ2v) is 7.28. The van der Waals surface area contributed by atoms with E-state index in [0.717, 1.165) is 17.0 Å². The fourth-order valence-corrected chi connectivity index (χ4v) is 3.33. The number of para-hydroxylation sites is 1. The van der Waals surface area contributed by atoms with Crippen molar-refractivity contribution in [3.63, 3.8) is 0 Å². The zero-order valence-electron chi connectivity index (χ0n) is 17.3. The molecule has 3 aromatic carbocycles. The summed E-state index contributed by atoms with van der Waals surface area (Å²) in [7, 11) is 1.55. The van der Waals surface area contributed by atoms with Gasteiger partial charge in [-0.1, -0.05) is 18.2 Å². The SMILES string of the molecule is CCOc1ccc(N=Cc2cc(Br)c(OCC(=O)Nc3ccccc3)c(OC)c2)cc1. The molecule has 1 amide bonds. The maximum Gasteiger partial charge on any atom is 0.262 e. The number of nitrogens with one attached hydrogen (secondary N) is 1. The van der Waals surface area contributed by atoms with Gasteiger partial charge in [0.2, 0.25) is 0 Å². The Balaban J connectivity index is 1.67. The molecule has 0 saturated heterocycles. The van der Waals surface area contributed by atoms with E-state index in [2.05, 4.69) is 26.2 Å². The van der Waals surface area contributed by atoms with Crippen molar-refractivity contribution in [2.24, 2.45) is 4.99 Å². The van der Waals surface area contributed by atoms with Crippen molar-refractivity contribution in [1.29, 1.82) is 0 Å². The van der Waals surface area contributed by atoms with Crippen LogP contribution < -0.4 is 19.5 Å². The highest BCUT2D eigenvalue weighted by atomic mass is 79.9. The highest BCUT2D eigenvalue weighted by molar-refractivity contribution is 9.10. The molecule has 0 aliphatic carbocycles. The first kappa shape index (κ1) is 22.4. The van der Waals surface area contributed by atoms with Crippen LogP contribution in [0.5, 0.6) is 17.2 Å². The van der Waals surface area contributed by atoms with Gasteiger partial charge in [-0.2, -0.15) is 0 Å². The predicted molar refractivity (Wildman–Crippen MR) is 126 cm³/mol. The standard InChI is InChI=1S/C24H23BrN2O4/c1-3-30-20-11-9-18(10-12-20)26-15-17-13-21(25)24(22(14-17)29-2)31-16-23(28)27-19-7-5-4-6-8-19/h4-15H,3,16H2,1-2H3,(H,27,28). The summed E-state index contributed by atoms with van der Waals surface area (Å²) in [5.74, 6) is 1.49. The van der Waals surface area contributed by atoms with Gasteiger partial charge in [0.1, 0.15) is 5.75 Å². The van der Waals surface area contributed by atoms with Crippen LogP contribution in [0.4, 0.5) is 11.4 Å². The molecule has 0 radical (unpaired) electrons. The van der Waals surface area contributed by atoms with Crippen molar-refractivity contribution < 1.29 is 19.0 Å². The molecule has 1 N–H and O–H groups in total. The summed E-state index contributed by atoms with van der Waals surface area (Å²) >= 11 is 3.49. The fourth-order valence-electron chi connectivity index (χ4n) is 2.75. The monoisotopic (exact) mass is 482 g/mol. The van der Waals surface area contributed by atoms with Gasteiger partial charge in [0.05, 0.1) is 23.9 Å². The summed E-state index contributed by atoms with van der Waals surface area (Å²) < 4.78 is 17.3. The second-order valence-electron chi connectivity index (χ2n) is 6.42. The predicted octanol–water partition coefficient (Wildman–Crippen LogP) is 5.62. The van der Waals surface area contributed by atoms with Crippen LogP contribution in [-0.4, -0.2) is 32.4 Å². The molecule has 3 aromatic rings. The lowest BCUT2D eigenvalue weighted by atomic mass is 10.2. The molecule has 0 spiro atoms. The van der Waals surface area contributed by atoms with Gasteiger partial charge in [0.25, 0.3) is 5.91 Å². The van der Waals surface area contributed by atoms with Crippen LogP contribution in [0.15, 0.2) is 76.2 Å². The molecule has 0 aliphatic rings. The lowest BCUT2D eigenvalue weighted by molar-refractivity contribution is -0.118. The summed E-state index contributed by atoms with van der Waals surface area (Å²) in [6.07, 6.45) is 1.73. The Morgan fingerprint density at radius 3 is 2.48 bits per heavy atom. The summed E-state index contributed by atoms with van der Waals surface area (Å²) in [5.41, 5.74) is 2.33. The maximum absolute atomic E-state index is 12.2. The van der Waals surface area contributed by atoms with E-state index in [0.29, 0.717) is 28.3 Å². The third-order valence-electron chi connectivity index (χ3n) is 4.17. The number of ether oxygens (including phenoxy) is 3. The summed E-state index contributed by atoms with van der Waals surface area (Å²) in [5, 5.41) is 2.78. The zero-order chi connectivity index (χ0) is 22.1. The van der Waals surface area contributed by atoms with Crippen LogP contribution in [0.3, 0.4) is 0 Å². The average molecular weight is 483 g/mol. The first-order chi connectivity index (χ1) is 15.1. The molecule has 0 atom stereocenters. The van der Waals surface area contributed by atoms with Gasteiger partial charge in [-0.3, -0.25) is 9.79 Å². The molecule has 0 heterocycles. The molecule has 7 heteroatoms. The summed E-state index contributed by atoms with van der Waals surface area (Å²) in [4.78, 5) is 16.6. The Morgan fingerprint density at radius 2 is 1.81 bits per heavy atom. The highest BCUT2D eigenvalue weighted by Gasteiger charge is 2.13. The second kappa shape index (κ2) is 11.2. The molecule has 0 unspecified atom stereocenters. The molecule has 0 aliphatic heterocycles. The van der Waals surface area contributed by atoms with Crippen LogP contribution in [0.25, 0.3) is 0 Å². The number of aliphatic imine (C=N–C) groups is 1. The van der Waals surface area contributed by atoms with Crippen molar-refractivity contribution in [2.75, 3.05) is 25.6 Å². The molecule has 0 saturated carbocycles. The van der Waals surface area contributed by atoms with E-state index in [1.54, 1.807) is 19.4 Å². The Hall–Kier alpha value is -3.32. The van der Waals surface area contributed by atoms with Gasteiger partial charge in [-0.25, -0.2) is 0 Å².